The van der Waals surface area contributed by atoms with E-state index in [9.17, 15) is 12.8 Å². The molecule has 0 aliphatic heterocycles. The predicted molar refractivity (Wildman–Crippen MR) is 74.1 cm³/mol. The van der Waals surface area contributed by atoms with E-state index in [1.165, 1.54) is 12.1 Å². The van der Waals surface area contributed by atoms with Crippen molar-refractivity contribution in [2.24, 2.45) is 5.41 Å². The highest BCUT2D eigenvalue weighted by Crippen LogP contribution is 2.43. The summed E-state index contributed by atoms with van der Waals surface area (Å²) in [5.41, 5.74) is 0.402. The summed E-state index contributed by atoms with van der Waals surface area (Å²) in [5, 5.41) is 9.03. The number of benzene rings is 1. The fourth-order valence-electron chi connectivity index (χ4n) is 2.51. The molecule has 6 heteroatoms. The molecule has 1 aromatic carbocycles. The van der Waals surface area contributed by atoms with Gasteiger partial charge in [0.25, 0.3) is 0 Å². The normalized spacial score (nSPS) is 17.8. The molecule has 0 amide bonds. The van der Waals surface area contributed by atoms with E-state index in [-0.39, 0.29) is 12.0 Å². The van der Waals surface area contributed by atoms with Gasteiger partial charge in [-0.15, -0.1) is 0 Å². The molecule has 0 unspecified atom stereocenters. The maximum absolute atomic E-state index is 13.7. The van der Waals surface area contributed by atoms with Gasteiger partial charge in [-0.05, 0) is 42.4 Å². The van der Waals surface area contributed by atoms with Crippen molar-refractivity contribution in [2.45, 2.75) is 44.1 Å². The Kier molecular flexibility index (Phi) is 4.46. The number of hydrogen-bond donors (Lipinski definition) is 2. The maximum Gasteiger partial charge on any atom is 0.243 e. The fraction of sp³-hybridized carbons (Fsp3) is 0.571. The number of aliphatic hydroxyl groups excluding tert-OH is 1. The Morgan fingerprint density at radius 1 is 1.40 bits per heavy atom. The first-order valence-corrected chi connectivity index (χ1v) is 8.30. The van der Waals surface area contributed by atoms with Crippen molar-refractivity contribution in [3.63, 3.8) is 0 Å². The second-order valence-electron chi connectivity index (χ2n) is 5.45. The standard InChI is InChI=1S/C14H20FNO3S/c1-2-14(6-3-7-14)10-16-20(18,19)13-8-11(9-17)4-5-12(13)15/h4-5,8,16-17H,2-3,6-7,9-10H2,1H3. The topological polar surface area (TPSA) is 66.4 Å². The lowest BCUT2D eigenvalue weighted by molar-refractivity contribution is 0.133. The van der Waals surface area contributed by atoms with Crippen LogP contribution < -0.4 is 4.72 Å². The zero-order valence-corrected chi connectivity index (χ0v) is 12.3. The van der Waals surface area contributed by atoms with E-state index in [2.05, 4.69) is 4.72 Å². The summed E-state index contributed by atoms with van der Waals surface area (Å²) in [4.78, 5) is -0.394. The Hall–Kier alpha value is -0.980. The molecule has 1 aliphatic carbocycles. The largest absolute Gasteiger partial charge is 0.392 e. The van der Waals surface area contributed by atoms with Crippen molar-refractivity contribution in [3.05, 3.63) is 29.6 Å². The van der Waals surface area contributed by atoms with Crippen LogP contribution in [0.15, 0.2) is 23.1 Å². The molecule has 0 bridgehead atoms. The molecule has 0 radical (unpaired) electrons. The molecule has 0 saturated heterocycles. The molecule has 0 spiro atoms. The quantitative estimate of drug-likeness (QED) is 0.846. The van der Waals surface area contributed by atoms with E-state index in [1.807, 2.05) is 6.92 Å². The summed E-state index contributed by atoms with van der Waals surface area (Å²) in [5.74, 6) is -0.797. The number of sulfonamides is 1. The van der Waals surface area contributed by atoms with Crippen molar-refractivity contribution in [2.75, 3.05) is 6.54 Å². The summed E-state index contributed by atoms with van der Waals surface area (Å²) in [6.45, 7) is 2.07. The van der Waals surface area contributed by atoms with Crippen LogP contribution in [-0.4, -0.2) is 20.1 Å². The molecule has 1 aromatic rings. The Balaban J connectivity index is 2.18. The molecule has 0 atom stereocenters. The number of halogens is 1. The summed E-state index contributed by atoms with van der Waals surface area (Å²) < 4.78 is 40.6. The molecule has 1 saturated carbocycles. The van der Waals surface area contributed by atoms with Crippen LogP contribution >= 0.6 is 0 Å². The molecule has 2 N–H and O–H groups in total. The molecule has 2 rings (SSSR count). The maximum atomic E-state index is 13.7. The van der Waals surface area contributed by atoms with E-state index in [0.29, 0.717) is 12.1 Å². The minimum absolute atomic E-state index is 0.0259. The first-order valence-electron chi connectivity index (χ1n) is 6.81. The SMILES string of the molecule is CCC1(CNS(=O)(=O)c2cc(CO)ccc2F)CCC1. The third-order valence-electron chi connectivity index (χ3n) is 4.27. The van der Waals surface area contributed by atoms with E-state index in [0.717, 1.165) is 31.7 Å². The van der Waals surface area contributed by atoms with Crippen molar-refractivity contribution < 1.29 is 17.9 Å². The van der Waals surface area contributed by atoms with Crippen molar-refractivity contribution in [1.82, 2.24) is 4.72 Å². The van der Waals surface area contributed by atoms with Crippen molar-refractivity contribution in [3.8, 4) is 0 Å². The molecule has 0 aromatic heterocycles. The van der Waals surface area contributed by atoms with Gasteiger partial charge in [0.15, 0.2) is 0 Å². The number of aliphatic hydroxyl groups is 1. The molecular weight excluding hydrogens is 281 g/mol. The molecule has 20 heavy (non-hydrogen) atoms. The molecular formula is C14H20FNO3S. The zero-order chi connectivity index (χ0) is 14.8. The average molecular weight is 301 g/mol. The molecule has 4 nitrogen and oxygen atoms in total. The summed E-state index contributed by atoms with van der Waals surface area (Å²) in [6, 6.07) is 3.62. The van der Waals surface area contributed by atoms with Gasteiger partial charge in [-0.25, -0.2) is 17.5 Å². The van der Waals surface area contributed by atoms with Crippen molar-refractivity contribution >= 4 is 10.0 Å². The van der Waals surface area contributed by atoms with E-state index in [1.54, 1.807) is 0 Å². The average Bonchev–Trinajstić information content (AvgIpc) is 2.38. The lowest BCUT2D eigenvalue weighted by atomic mass is 9.67. The van der Waals surface area contributed by atoms with Crippen LogP contribution in [0.1, 0.15) is 38.2 Å². The molecule has 112 valence electrons. The monoisotopic (exact) mass is 301 g/mol. The van der Waals surface area contributed by atoms with Crippen LogP contribution in [0.5, 0.6) is 0 Å². The minimum Gasteiger partial charge on any atom is -0.392 e. The number of rotatable bonds is 6. The van der Waals surface area contributed by atoms with E-state index >= 15 is 0 Å². The third-order valence-corrected chi connectivity index (χ3v) is 5.69. The first kappa shape index (κ1) is 15.4. The van der Waals surface area contributed by atoms with Crippen LogP contribution in [0.4, 0.5) is 4.39 Å². The van der Waals surface area contributed by atoms with Gasteiger partial charge in [0.05, 0.1) is 6.61 Å². The summed E-state index contributed by atoms with van der Waals surface area (Å²) in [6.07, 6.45) is 4.04. The fourth-order valence-corrected chi connectivity index (χ4v) is 3.79. The van der Waals surface area contributed by atoms with Crippen LogP contribution in [0, 0.1) is 11.2 Å². The molecule has 0 heterocycles. The Bertz CT molecular complexity index is 577. The van der Waals surface area contributed by atoms with Crippen LogP contribution in [-0.2, 0) is 16.6 Å². The molecule has 1 fully saturated rings. The van der Waals surface area contributed by atoms with Gasteiger partial charge in [0.2, 0.25) is 10.0 Å². The highest BCUT2D eigenvalue weighted by molar-refractivity contribution is 7.89. The van der Waals surface area contributed by atoms with Gasteiger partial charge in [-0.1, -0.05) is 19.4 Å². The number of nitrogens with one attached hydrogen (secondary N) is 1. The Morgan fingerprint density at radius 2 is 2.10 bits per heavy atom. The van der Waals surface area contributed by atoms with Gasteiger partial charge in [-0.2, -0.15) is 0 Å². The Labute approximate surface area is 119 Å². The second-order valence-corrected chi connectivity index (χ2v) is 7.19. The highest BCUT2D eigenvalue weighted by atomic mass is 32.2. The minimum atomic E-state index is -3.88. The van der Waals surface area contributed by atoms with Gasteiger partial charge >= 0.3 is 0 Å². The number of hydrogen-bond acceptors (Lipinski definition) is 3. The smallest absolute Gasteiger partial charge is 0.243 e. The van der Waals surface area contributed by atoms with Gasteiger partial charge in [0.1, 0.15) is 10.7 Å². The summed E-state index contributed by atoms with van der Waals surface area (Å²) >= 11 is 0. The van der Waals surface area contributed by atoms with Gasteiger partial charge in [-0.3, -0.25) is 0 Å². The summed E-state index contributed by atoms with van der Waals surface area (Å²) in [7, 11) is -3.88. The van der Waals surface area contributed by atoms with Crippen LogP contribution in [0.25, 0.3) is 0 Å². The van der Waals surface area contributed by atoms with E-state index in [4.69, 9.17) is 5.11 Å². The second kappa shape index (κ2) is 5.79. The van der Waals surface area contributed by atoms with Crippen LogP contribution in [0.2, 0.25) is 0 Å². The van der Waals surface area contributed by atoms with Gasteiger partial charge in [0, 0.05) is 6.54 Å². The van der Waals surface area contributed by atoms with Crippen molar-refractivity contribution in [1.29, 1.82) is 0 Å². The zero-order valence-electron chi connectivity index (χ0n) is 11.5. The van der Waals surface area contributed by atoms with Crippen LogP contribution in [0.3, 0.4) is 0 Å². The Morgan fingerprint density at radius 3 is 2.60 bits per heavy atom. The predicted octanol–water partition coefficient (Wildman–Crippen LogP) is 2.18. The molecule has 1 aliphatic rings. The third kappa shape index (κ3) is 3.02. The lowest BCUT2D eigenvalue weighted by Crippen LogP contribution is -2.41. The van der Waals surface area contributed by atoms with Gasteiger partial charge < -0.3 is 5.11 Å². The van der Waals surface area contributed by atoms with E-state index < -0.39 is 20.7 Å². The lowest BCUT2D eigenvalue weighted by Gasteiger charge is -2.41. The first-order chi connectivity index (χ1) is 9.42. The highest BCUT2D eigenvalue weighted by Gasteiger charge is 2.36.